The van der Waals surface area contributed by atoms with E-state index in [0.717, 1.165) is 55.4 Å². The van der Waals surface area contributed by atoms with Gasteiger partial charge in [0, 0.05) is 6.54 Å². The number of hydrogen-bond acceptors (Lipinski definition) is 5. The first-order chi connectivity index (χ1) is 12.9. The van der Waals surface area contributed by atoms with Gasteiger partial charge in [-0.15, -0.1) is 0 Å². The average Bonchev–Trinajstić information content (AvgIpc) is 2.70. The predicted octanol–water partition coefficient (Wildman–Crippen LogP) is 3.21. The van der Waals surface area contributed by atoms with Crippen molar-refractivity contribution in [2.45, 2.75) is 25.4 Å². The van der Waals surface area contributed by atoms with Crippen molar-refractivity contribution in [1.29, 1.82) is 0 Å². The van der Waals surface area contributed by atoms with E-state index in [2.05, 4.69) is 17.4 Å². The molecule has 1 unspecified atom stereocenters. The van der Waals surface area contributed by atoms with Crippen molar-refractivity contribution in [1.82, 2.24) is 5.32 Å². The summed E-state index contributed by atoms with van der Waals surface area (Å²) < 4.78 is 22.9. The van der Waals surface area contributed by atoms with Crippen LogP contribution in [0.25, 0.3) is 0 Å². The lowest BCUT2D eigenvalue weighted by molar-refractivity contribution is 0.0905. The van der Waals surface area contributed by atoms with Crippen LogP contribution in [0.3, 0.4) is 0 Å². The molecule has 2 aliphatic rings. The molecule has 1 N–H and O–H groups in total. The van der Waals surface area contributed by atoms with E-state index in [1.54, 1.807) is 0 Å². The first-order valence-electron chi connectivity index (χ1n) is 9.36. The number of ether oxygens (including phenoxy) is 4. The lowest BCUT2D eigenvalue weighted by Gasteiger charge is -2.26. The van der Waals surface area contributed by atoms with Crippen LogP contribution in [0, 0.1) is 0 Å². The Morgan fingerprint density at radius 2 is 1.65 bits per heavy atom. The predicted molar refractivity (Wildman–Crippen MR) is 99.6 cm³/mol. The minimum atomic E-state index is 0.0719. The molecule has 26 heavy (non-hydrogen) atoms. The van der Waals surface area contributed by atoms with E-state index in [-0.39, 0.29) is 6.10 Å². The Labute approximate surface area is 154 Å². The van der Waals surface area contributed by atoms with Gasteiger partial charge in [0.05, 0.1) is 0 Å². The molecule has 138 valence electrons. The fourth-order valence-electron chi connectivity index (χ4n) is 3.25. The van der Waals surface area contributed by atoms with E-state index < -0.39 is 0 Å². The summed E-state index contributed by atoms with van der Waals surface area (Å²) in [6.07, 6.45) is 3.38. The standard InChI is InChI=1S/C21H25NO4/c1-2-7-20-18(6-1)25-15-17(26-20)14-22-10-4-3-5-16-8-9-19-21(13-16)24-12-11-23-19/h1-2,6-9,13,17,22H,3-5,10-12,14-15H2. The molecule has 0 spiro atoms. The maximum Gasteiger partial charge on any atom is 0.161 e. The Balaban J connectivity index is 1.13. The molecule has 2 aliphatic heterocycles. The van der Waals surface area contributed by atoms with Crippen molar-refractivity contribution in [3.8, 4) is 23.0 Å². The van der Waals surface area contributed by atoms with Gasteiger partial charge in [0.15, 0.2) is 23.0 Å². The molecule has 0 bridgehead atoms. The monoisotopic (exact) mass is 355 g/mol. The van der Waals surface area contributed by atoms with E-state index in [4.69, 9.17) is 18.9 Å². The molecule has 5 heteroatoms. The number of nitrogens with one attached hydrogen (secondary N) is 1. The molecule has 5 nitrogen and oxygen atoms in total. The molecule has 2 heterocycles. The summed E-state index contributed by atoms with van der Waals surface area (Å²) in [5.74, 6) is 3.41. The number of para-hydroxylation sites is 2. The third-order valence-corrected chi connectivity index (χ3v) is 4.62. The highest BCUT2D eigenvalue weighted by Gasteiger charge is 2.19. The van der Waals surface area contributed by atoms with Gasteiger partial charge in [-0.2, -0.15) is 0 Å². The van der Waals surface area contributed by atoms with Gasteiger partial charge in [0.25, 0.3) is 0 Å². The summed E-state index contributed by atoms with van der Waals surface area (Å²) in [5, 5.41) is 3.47. The number of rotatable bonds is 7. The van der Waals surface area contributed by atoms with Crippen LogP contribution in [0.15, 0.2) is 42.5 Å². The van der Waals surface area contributed by atoms with Crippen LogP contribution in [0.4, 0.5) is 0 Å². The van der Waals surface area contributed by atoms with Crippen molar-refractivity contribution in [3.63, 3.8) is 0 Å². The van der Waals surface area contributed by atoms with Crippen LogP contribution < -0.4 is 24.3 Å². The maximum absolute atomic E-state index is 5.95. The number of fused-ring (bicyclic) bond motifs is 2. The highest BCUT2D eigenvalue weighted by atomic mass is 16.6. The molecule has 0 amide bonds. The second-order valence-electron chi connectivity index (χ2n) is 6.64. The summed E-state index contributed by atoms with van der Waals surface area (Å²) in [6, 6.07) is 14.1. The Morgan fingerprint density at radius 1 is 0.846 bits per heavy atom. The zero-order valence-corrected chi connectivity index (χ0v) is 14.9. The van der Waals surface area contributed by atoms with Crippen molar-refractivity contribution in [3.05, 3.63) is 48.0 Å². The Morgan fingerprint density at radius 3 is 2.58 bits per heavy atom. The van der Waals surface area contributed by atoms with Crippen molar-refractivity contribution in [2.75, 3.05) is 32.9 Å². The van der Waals surface area contributed by atoms with Crippen molar-refractivity contribution >= 4 is 0 Å². The summed E-state index contributed by atoms with van der Waals surface area (Å²) in [6.45, 7) is 3.66. The van der Waals surface area contributed by atoms with Gasteiger partial charge < -0.3 is 24.3 Å². The largest absolute Gasteiger partial charge is 0.486 e. The van der Waals surface area contributed by atoms with Gasteiger partial charge >= 0.3 is 0 Å². The lowest BCUT2D eigenvalue weighted by Crippen LogP contribution is -2.38. The zero-order chi connectivity index (χ0) is 17.6. The zero-order valence-electron chi connectivity index (χ0n) is 14.9. The minimum Gasteiger partial charge on any atom is -0.486 e. The molecular formula is C21H25NO4. The summed E-state index contributed by atoms with van der Waals surface area (Å²) >= 11 is 0. The number of benzene rings is 2. The maximum atomic E-state index is 5.95. The van der Waals surface area contributed by atoms with Crippen LogP contribution in [0.1, 0.15) is 18.4 Å². The van der Waals surface area contributed by atoms with Crippen molar-refractivity contribution in [2.24, 2.45) is 0 Å². The van der Waals surface area contributed by atoms with Crippen LogP contribution >= 0.6 is 0 Å². The summed E-state index contributed by atoms with van der Waals surface area (Å²) in [7, 11) is 0. The highest BCUT2D eigenvalue weighted by Crippen LogP contribution is 2.31. The topological polar surface area (TPSA) is 49.0 Å². The second-order valence-corrected chi connectivity index (χ2v) is 6.64. The van der Waals surface area contributed by atoms with Gasteiger partial charge in [-0.05, 0) is 55.6 Å². The molecule has 0 fully saturated rings. The average molecular weight is 355 g/mol. The Kier molecular flexibility index (Phi) is 5.45. The smallest absolute Gasteiger partial charge is 0.161 e. The normalized spacial score (nSPS) is 17.8. The van der Waals surface area contributed by atoms with Gasteiger partial charge in [0.2, 0.25) is 0 Å². The molecular weight excluding hydrogens is 330 g/mol. The van der Waals surface area contributed by atoms with Crippen LogP contribution in [0.5, 0.6) is 23.0 Å². The van der Waals surface area contributed by atoms with Crippen LogP contribution in [-0.4, -0.2) is 39.0 Å². The third kappa shape index (κ3) is 4.22. The van der Waals surface area contributed by atoms with Gasteiger partial charge in [-0.1, -0.05) is 18.2 Å². The summed E-state index contributed by atoms with van der Waals surface area (Å²) in [4.78, 5) is 0. The first kappa shape index (κ1) is 17.0. The Hall–Kier alpha value is -2.40. The molecule has 0 saturated carbocycles. The molecule has 0 radical (unpaired) electrons. The van der Waals surface area contributed by atoms with E-state index in [9.17, 15) is 0 Å². The number of aryl methyl sites for hydroxylation is 1. The molecule has 1 atom stereocenters. The SMILES string of the molecule is c1ccc2c(c1)OCC(CNCCCCc1ccc3c(c1)OCCO3)O2. The highest BCUT2D eigenvalue weighted by molar-refractivity contribution is 5.44. The molecule has 2 aromatic carbocycles. The molecule has 4 rings (SSSR count). The van der Waals surface area contributed by atoms with E-state index in [1.165, 1.54) is 5.56 Å². The Bertz CT molecular complexity index is 734. The molecule has 0 aliphatic carbocycles. The molecule has 2 aromatic rings. The summed E-state index contributed by atoms with van der Waals surface area (Å²) in [5.41, 5.74) is 1.30. The molecule has 0 aromatic heterocycles. The van der Waals surface area contributed by atoms with Crippen molar-refractivity contribution < 1.29 is 18.9 Å². The van der Waals surface area contributed by atoms with Crippen LogP contribution in [-0.2, 0) is 6.42 Å². The quantitative estimate of drug-likeness (QED) is 0.773. The van der Waals surface area contributed by atoms with E-state index >= 15 is 0 Å². The van der Waals surface area contributed by atoms with Gasteiger partial charge in [-0.25, -0.2) is 0 Å². The van der Waals surface area contributed by atoms with Gasteiger partial charge in [0.1, 0.15) is 25.9 Å². The van der Waals surface area contributed by atoms with Crippen LogP contribution in [0.2, 0.25) is 0 Å². The lowest BCUT2D eigenvalue weighted by atomic mass is 10.1. The van der Waals surface area contributed by atoms with Gasteiger partial charge in [-0.3, -0.25) is 0 Å². The number of unbranched alkanes of at least 4 members (excludes halogenated alkanes) is 1. The molecule has 0 saturated heterocycles. The number of hydrogen-bond donors (Lipinski definition) is 1. The van der Waals surface area contributed by atoms with E-state index in [1.807, 2.05) is 30.3 Å². The van der Waals surface area contributed by atoms with E-state index in [0.29, 0.717) is 19.8 Å². The third-order valence-electron chi connectivity index (χ3n) is 4.62. The fraction of sp³-hybridized carbons (Fsp3) is 0.429. The second kappa shape index (κ2) is 8.32. The minimum absolute atomic E-state index is 0.0719. The first-order valence-corrected chi connectivity index (χ1v) is 9.36. The fourth-order valence-corrected chi connectivity index (χ4v) is 3.25.